The van der Waals surface area contributed by atoms with Crippen LogP contribution in [0.1, 0.15) is 45.7 Å². The Bertz CT molecular complexity index is 804. The number of amides is 2. The molecule has 2 atom stereocenters. The molecule has 2 heterocycles. The summed E-state index contributed by atoms with van der Waals surface area (Å²) in [6.45, 7) is 6.86. The van der Waals surface area contributed by atoms with E-state index < -0.39 is 23.6 Å². The first kappa shape index (κ1) is 23.1. The number of hydrogen-bond acceptors (Lipinski definition) is 6. The van der Waals surface area contributed by atoms with Gasteiger partial charge < -0.3 is 19.9 Å². The van der Waals surface area contributed by atoms with Gasteiger partial charge in [0.25, 0.3) is 0 Å². The van der Waals surface area contributed by atoms with Crippen molar-refractivity contribution in [3.8, 4) is 0 Å². The molecule has 1 N–H and O–H groups in total. The minimum atomic E-state index is -4.53. The summed E-state index contributed by atoms with van der Waals surface area (Å²) in [5, 5.41) is 2.82. The molecule has 0 radical (unpaired) electrons. The maximum absolute atomic E-state index is 12.9. The topological polar surface area (TPSA) is 87.7 Å². The van der Waals surface area contributed by atoms with Crippen molar-refractivity contribution in [2.75, 3.05) is 31.1 Å². The van der Waals surface area contributed by atoms with E-state index >= 15 is 0 Å². The maximum Gasteiger partial charge on any atom is 0.433 e. The quantitative estimate of drug-likeness (QED) is 0.773. The second kappa shape index (κ2) is 8.88. The summed E-state index contributed by atoms with van der Waals surface area (Å²) < 4.78 is 43.9. The summed E-state index contributed by atoms with van der Waals surface area (Å²) in [6, 6.07) is 0.731. The van der Waals surface area contributed by atoms with Crippen molar-refractivity contribution >= 4 is 17.9 Å². The maximum atomic E-state index is 12.9. The van der Waals surface area contributed by atoms with Crippen LogP contribution in [-0.2, 0) is 15.7 Å². The van der Waals surface area contributed by atoms with Crippen LogP contribution in [0.2, 0.25) is 0 Å². The summed E-state index contributed by atoms with van der Waals surface area (Å²) in [5.41, 5.74) is -1.56. The molecule has 172 valence electrons. The number of nitrogens with zero attached hydrogens (tertiary/aromatic N) is 4. The first-order valence-electron chi connectivity index (χ1n) is 10.4. The molecule has 0 spiro atoms. The lowest BCUT2D eigenvalue weighted by Crippen LogP contribution is -2.50. The summed E-state index contributed by atoms with van der Waals surface area (Å²) in [5.74, 6) is -0.154. The van der Waals surface area contributed by atoms with Gasteiger partial charge in [-0.15, -0.1) is 0 Å². The average molecular weight is 443 g/mol. The number of alkyl carbamates (subject to hydrolysis) is 1. The number of piperazine rings is 1. The molecule has 0 aromatic carbocycles. The van der Waals surface area contributed by atoms with E-state index in [4.69, 9.17) is 4.74 Å². The normalized spacial score (nSPS) is 22.4. The predicted octanol–water partition coefficient (Wildman–Crippen LogP) is 2.84. The fraction of sp³-hybridized carbons (Fsp3) is 0.700. The SMILES string of the molecule is CC(C)(C)OC(=O)NC1CCC(C(=O)N2CCN(c3nccc(C(F)(F)F)n3)CC2)C1. The van der Waals surface area contributed by atoms with Crippen LogP contribution >= 0.6 is 0 Å². The Morgan fingerprint density at radius 3 is 2.42 bits per heavy atom. The number of carbonyl (C=O) groups is 2. The lowest BCUT2D eigenvalue weighted by molar-refractivity contribution is -0.141. The number of ether oxygens (including phenoxy) is 1. The molecule has 1 aliphatic carbocycles. The Kier molecular flexibility index (Phi) is 6.61. The third kappa shape index (κ3) is 6.20. The standard InChI is InChI=1S/C20H28F3N5O3/c1-19(2,3)31-18(30)25-14-5-4-13(12-14)16(29)27-8-10-28(11-9-27)17-24-7-6-15(26-17)20(21,22)23/h6-7,13-14H,4-5,8-12H2,1-3H3,(H,25,30). The lowest BCUT2D eigenvalue weighted by Gasteiger charge is -2.36. The Hall–Kier alpha value is -2.59. The molecule has 11 heteroatoms. The van der Waals surface area contributed by atoms with E-state index in [0.29, 0.717) is 45.4 Å². The monoisotopic (exact) mass is 443 g/mol. The van der Waals surface area contributed by atoms with Crippen molar-refractivity contribution < 1.29 is 27.5 Å². The molecule has 3 rings (SSSR count). The van der Waals surface area contributed by atoms with Gasteiger partial charge in [0, 0.05) is 44.3 Å². The molecule has 8 nitrogen and oxygen atoms in total. The first-order chi connectivity index (χ1) is 14.4. The molecule has 1 aromatic rings. The van der Waals surface area contributed by atoms with E-state index in [0.717, 1.165) is 12.3 Å². The van der Waals surface area contributed by atoms with Gasteiger partial charge >= 0.3 is 12.3 Å². The molecule has 2 fully saturated rings. The molecule has 0 bridgehead atoms. The van der Waals surface area contributed by atoms with Gasteiger partial charge in [0.15, 0.2) is 0 Å². The number of halogens is 3. The third-order valence-electron chi connectivity index (χ3n) is 5.31. The summed E-state index contributed by atoms with van der Waals surface area (Å²) in [6.07, 6.45) is -1.99. The van der Waals surface area contributed by atoms with E-state index in [1.54, 1.807) is 30.6 Å². The molecule has 2 unspecified atom stereocenters. The minimum Gasteiger partial charge on any atom is -0.444 e. The Labute approximate surface area is 179 Å². The van der Waals surface area contributed by atoms with E-state index in [2.05, 4.69) is 15.3 Å². The Morgan fingerprint density at radius 1 is 1.13 bits per heavy atom. The van der Waals surface area contributed by atoms with Crippen LogP contribution in [0.5, 0.6) is 0 Å². The predicted molar refractivity (Wildman–Crippen MR) is 106 cm³/mol. The van der Waals surface area contributed by atoms with Gasteiger partial charge in [-0.2, -0.15) is 13.2 Å². The van der Waals surface area contributed by atoms with E-state index in [9.17, 15) is 22.8 Å². The van der Waals surface area contributed by atoms with Crippen LogP contribution in [-0.4, -0.2) is 64.7 Å². The van der Waals surface area contributed by atoms with Gasteiger partial charge in [-0.25, -0.2) is 14.8 Å². The van der Waals surface area contributed by atoms with Crippen LogP contribution in [0.25, 0.3) is 0 Å². The van der Waals surface area contributed by atoms with Gasteiger partial charge in [-0.05, 0) is 46.1 Å². The Morgan fingerprint density at radius 2 is 1.81 bits per heavy atom. The average Bonchev–Trinajstić information content (AvgIpc) is 3.14. The smallest absolute Gasteiger partial charge is 0.433 e. The highest BCUT2D eigenvalue weighted by Gasteiger charge is 2.36. The molecular weight excluding hydrogens is 415 g/mol. The minimum absolute atomic E-state index is 0.0121. The van der Waals surface area contributed by atoms with Crippen molar-refractivity contribution in [1.29, 1.82) is 0 Å². The fourth-order valence-electron chi connectivity index (χ4n) is 3.85. The zero-order chi connectivity index (χ0) is 22.8. The van der Waals surface area contributed by atoms with Crippen molar-refractivity contribution in [3.63, 3.8) is 0 Å². The van der Waals surface area contributed by atoms with Gasteiger partial charge in [-0.1, -0.05) is 0 Å². The van der Waals surface area contributed by atoms with Crippen molar-refractivity contribution in [1.82, 2.24) is 20.2 Å². The molecule has 1 aromatic heterocycles. The molecular formula is C20H28F3N5O3. The van der Waals surface area contributed by atoms with Crippen LogP contribution in [0.4, 0.5) is 23.9 Å². The van der Waals surface area contributed by atoms with E-state index in [-0.39, 0.29) is 23.8 Å². The molecule has 2 aliphatic rings. The number of anilines is 1. The summed E-state index contributed by atoms with van der Waals surface area (Å²) in [4.78, 5) is 35.7. The highest BCUT2D eigenvalue weighted by Crippen LogP contribution is 2.30. The van der Waals surface area contributed by atoms with Crippen LogP contribution < -0.4 is 10.2 Å². The summed E-state index contributed by atoms with van der Waals surface area (Å²) in [7, 11) is 0. The van der Waals surface area contributed by atoms with Gasteiger partial charge in [0.05, 0.1) is 0 Å². The first-order valence-corrected chi connectivity index (χ1v) is 10.4. The van der Waals surface area contributed by atoms with E-state index in [1.807, 2.05) is 0 Å². The lowest BCUT2D eigenvalue weighted by atomic mass is 10.1. The molecule has 1 saturated carbocycles. The fourth-order valence-corrected chi connectivity index (χ4v) is 3.85. The molecule has 1 saturated heterocycles. The zero-order valence-electron chi connectivity index (χ0n) is 17.9. The summed E-state index contributed by atoms with van der Waals surface area (Å²) >= 11 is 0. The second-order valence-corrected chi connectivity index (χ2v) is 8.91. The van der Waals surface area contributed by atoms with Crippen LogP contribution in [0.15, 0.2) is 12.3 Å². The number of hydrogen-bond donors (Lipinski definition) is 1. The van der Waals surface area contributed by atoms with E-state index in [1.165, 1.54) is 0 Å². The highest BCUT2D eigenvalue weighted by molar-refractivity contribution is 5.79. The van der Waals surface area contributed by atoms with Gasteiger partial charge in [-0.3, -0.25) is 4.79 Å². The number of carbonyl (C=O) groups excluding carboxylic acids is 2. The molecule has 1 aliphatic heterocycles. The van der Waals surface area contributed by atoms with Crippen LogP contribution in [0, 0.1) is 5.92 Å². The largest absolute Gasteiger partial charge is 0.444 e. The van der Waals surface area contributed by atoms with Crippen LogP contribution in [0.3, 0.4) is 0 Å². The van der Waals surface area contributed by atoms with Gasteiger partial charge in [0.1, 0.15) is 11.3 Å². The number of aromatic nitrogens is 2. The van der Waals surface area contributed by atoms with Crippen molar-refractivity contribution in [2.24, 2.45) is 5.92 Å². The second-order valence-electron chi connectivity index (χ2n) is 8.91. The van der Waals surface area contributed by atoms with Crippen molar-refractivity contribution in [3.05, 3.63) is 18.0 Å². The zero-order valence-corrected chi connectivity index (χ0v) is 17.9. The van der Waals surface area contributed by atoms with Gasteiger partial charge in [0.2, 0.25) is 11.9 Å². The molecule has 2 amide bonds. The molecule has 31 heavy (non-hydrogen) atoms. The number of rotatable bonds is 3. The Balaban J connectivity index is 1.49. The highest BCUT2D eigenvalue weighted by atomic mass is 19.4. The number of alkyl halides is 3. The van der Waals surface area contributed by atoms with Crippen molar-refractivity contribution in [2.45, 2.75) is 57.9 Å². The third-order valence-corrected chi connectivity index (χ3v) is 5.31. The number of nitrogens with one attached hydrogen (secondary N) is 1.